The van der Waals surface area contributed by atoms with Gasteiger partial charge in [-0.25, -0.2) is 0 Å². The molecule has 0 radical (unpaired) electrons. The molecular formula is C22H24IP. The Kier molecular flexibility index (Phi) is 8.49. The highest BCUT2D eigenvalue weighted by Crippen LogP contribution is 2.32. The molecule has 2 heteroatoms. The summed E-state index contributed by atoms with van der Waals surface area (Å²) >= 11 is 2.41. The van der Waals surface area contributed by atoms with Crippen LogP contribution < -0.4 is 15.9 Å². The molecule has 0 aromatic heterocycles. The third-order valence-corrected chi connectivity index (χ3v) is 6.93. The van der Waals surface area contributed by atoms with Crippen LogP contribution in [-0.4, -0.2) is 3.92 Å². The summed E-state index contributed by atoms with van der Waals surface area (Å²) in [7, 11) is -0.446. The normalized spacial score (nSPS) is 11.5. The first-order valence-corrected chi connectivity index (χ1v) is 10.9. The van der Waals surface area contributed by atoms with Crippen LogP contribution in [0.15, 0.2) is 91.0 Å². The molecule has 3 aromatic carbocycles. The maximum Gasteiger partial charge on any atom is 0.00787 e. The van der Waals surface area contributed by atoms with E-state index in [4.69, 9.17) is 0 Å². The van der Waals surface area contributed by atoms with E-state index in [1.165, 1.54) is 22.3 Å². The van der Waals surface area contributed by atoms with Gasteiger partial charge in [-0.2, -0.15) is 0 Å². The standard InChI is InChI=1S/C18H15P.C4H9I/c1-4-10-16(11-5-1)19(17-12-6-2-7-13-17)18-14-8-3-9-15-18;1-3-4(2)5/h1-15H;4H,3H2,1-2H3. The summed E-state index contributed by atoms with van der Waals surface area (Å²) in [5.41, 5.74) is 0. The van der Waals surface area contributed by atoms with Crippen molar-refractivity contribution in [3.8, 4) is 0 Å². The van der Waals surface area contributed by atoms with Gasteiger partial charge in [0.25, 0.3) is 0 Å². The van der Waals surface area contributed by atoms with Crippen LogP contribution in [-0.2, 0) is 0 Å². The summed E-state index contributed by atoms with van der Waals surface area (Å²) in [5.74, 6) is 0. The van der Waals surface area contributed by atoms with Crippen molar-refractivity contribution in [2.75, 3.05) is 0 Å². The molecule has 0 aliphatic heterocycles. The molecule has 1 unspecified atom stereocenters. The second-order valence-corrected chi connectivity index (χ2v) is 9.88. The zero-order valence-corrected chi connectivity index (χ0v) is 17.3. The van der Waals surface area contributed by atoms with Gasteiger partial charge in [0, 0.05) is 3.92 Å². The van der Waals surface area contributed by atoms with Crippen LogP contribution in [0.25, 0.3) is 0 Å². The van der Waals surface area contributed by atoms with E-state index in [-0.39, 0.29) is 0 Å². The zero-order valence-electron chi connectivity index (χ0n) is 14.3. The molecule has 0 saturated carbocycles. The molecule has 3 rings (SSSR count). The Bertz CT molecular complexity index is 587. The maximum atomic E-state index is 2.41. The summed E-state index contributed by atoms with van der Waals surface area (Å²) in [6.45, 7) is 4.40. The minimum absolute atomic E-state index is 0.446. The van der Waals surface area contributed by atoms with E-state index >= 15 is 0 Å². The van der Waals surface area contributed by atoms with Crippen molar-refractivity contribution in [1.82, 2.24) is 0 Å². The third-order valence-electron chi connectivity index (χ3n) is 3.61. The van der Waals surface area contributed by atoms with E-state index < -0.39 is 7.92 Å². The molecule has 0 aliphatic carbocycles. The molecule has 0 N–H and O–H groups in total. The van der Waals surface area contributed by atoms with Crippen molar-refractivity contribution in [2.24, 2.45) is 0 Å². The second kappa shape index (κ2) is 10.6. The van der Waals surface area contributed by atoms with Crippen molar-refractivity contribution >= 4 is 46.4 Å². The van der Waals surface area contributed by atoms with Crippen LogP contribution in [0.5, 0.6) is 0 Å². The molecule has 124 valence electrons. The predicted molar refractivity (Wildman–Crippen MR) is 119 cm³/mol. The topological polar surface area (TPSA) is 0 Å². The average Bonchev–Trinajstić information content (AvgIpc) is 2.65. The summed E-state index contributed by atoms with van der Waals surface area (Å²) < 4.78 is 0.854. The van der Waals surface area contributed by atoms with Crippen LogP contribution in [0.3, 0.4) is 0 Å². The lowest BCUT2D eigenvalue weighted by atomic mass is 10.4. The molecule has 0 nitrogen and oxygen atoms in total. The number of rotatable bonds is 4. The Balaban J connectivity index is 0.000000368. The highest BCUT2D eigenvalue weighted by Gasteiger charge is 2.14. The van der Waals surface area contributed by atoms with Crippen LogP contribution in [0, 0.1) is 0 Å². The van der Waals surface area contributed by atoms with Gasteiger partial charge >= 0.3 is 0 Å². The number of hydrogen-bond acceptors (Lipinski definition) is 0. The van der Waals surface area contributed by atoms with Crippen molar-refractivity contribution < 1.29 is 0 Å². The Morgan fingerprint density at radius 2 is 0.917 bits per heavy atom. The van der Waals surface area contributed by atoms with Crippen molar-refractivity contribution in [2.45, 2.75) is 24.2 Å². The number of alkyl halides is 1. The SMILES string of the molecule is CCC(C)I.c1ccc(P(c2ccccc2)c2ccccc2)cc1. The maximum absolute atomic E-state index is 2.41. The van der Waals surface area contributed by atoms with Crippen LogP contribution in [0.1, 0.15) is 20.3 Å². The molecule has 24 heavy (non-hydrogen) atoms. The molecule has 3 aromatic rings. The van der Waals surface area contributed by atoms with Crippen molar-refractivity contribution in [3.05, 3.63) is 91.0 Å². The molecule has 1 atom stereocenters. The van der Waals surface area contributed by atoms with Gasteiger partial charge in [-0.15, -0.1) is 0 Å². The van der Waals surface area contributed by atoms with Crippen LogP contribution in [0.2, 0.25) is 0 Å². The van der Waals surface area contributed by atoms with E-state index in [2.05, 4.69) is 127 Å². The Morgan fingerprint density at radius 3 is 1.12 bits per heavy atom. The Hall–Kier alpha value is -1.18. The number of benzene rings is 3. The summed E-state index contributed by atoms with van der Waals surface area (Å²) in [6.07, 6.45) is 1.29. The van der Waals surface area contributed by atoms with Crippen LogP contribution in [0.4, 0.5) is 0 Å². The zero-order chi connectivity index (χ0) is 17.2. The van der Waals surface area contributed by atoms with Gasteiger partial charge in [0.2, 0.25) is 0 Å². The van der Waals surface area contributed by atoms with E-state index in [0.717, 1.165) is 3.92 Å². The first kappa shape index (κ1) is 19.1. The molecule has 0 saturated heterocycles. The minimum atomic E-state index is -0.446. The van der Waals surface area contributed by atoms with E-state index in [0.29, 0.717) is 0 Å². The van der Waals surface area contributed by atoms with Gasteiger partial charge in [0.15, 0.2) is 0 Å². The molecule has 0 amide bonds. The Morgan fingerprint density at radius 1 is 0.667 bits per heavy atom. The first-order chi connectivity index (χ1) is 11.7. The van der Waals surface area contributed by atoms with Crippen molar-refractivity contribution in [1.29, 1.82) is 0 Å². The van der Waals surface area contributed by atoms with Gasteiger partial charge in [-0.3, -0.25) is 0 Å². The smallest absolute Gasteiger partial charge is 0.00787 e. The van der Waals surface area contributed by atoms with Crippen LogP contribution >= 0.6 is 30.5 Å². The number of halogens is 1. The van der Waals surface area contributed by atoms with E-state index in [1.807, 2.05) is 0 Å². The predicted octanol–water partition coefficient (Wildman–Crippen LogP) is 5.66. The summed E-state index contributed by atoms with van der Waals surface area (Å²) in [6, 6.07) is 32.3. The molecule has 0 aliphatic rings. The van der Waals surface area contributed by atoms with Gasteiger partial charge in [-0.1, -0.05) is 127 Å². The molecule has 0 spiro atoms. The monoisotopic (exact) mass is 446 g/mol. The van der Waals surface area contributed by atoms with Crippen molar-refractivity contribution in [3.63, 3.8) is 0 Å². The second-order valence-electron chi connectivity index (χ2n) is 5.53. The van der Waals surface area contributed by atoms with Gasteiger partial charge < -0.3 is 0 Å². The molecule has 0 heterocycles. The molecule has 0 fully saturated rings. The Labute approximate surface area is 161 Å². The quantitative estimate of drug-likeness (QED) is 0.276. The molecular weight excluding hydrogens is 422 g/mol. The average molecular weight is 446 g/mol. The van der Waals surface area contributed by atoms with E-state index in [9.17, 15) is 0 Å². The lowest BCUT2D eigenvalue weighted by molar-refractivity contribution is 0.938. The summed E-state index contributed by atoms with van der Waals surface area (Å²) in [5, 5.41) is 4.19. The summed E-state index contributed by atoms with van der Waals surface area (Å²) in [4.78, 5) is 0. The fraction of sp³-hybridized carbons (Fsp3) is 0.182. The number of hydrogen-bond donors (Lipinski definition) is 0. The highest BCUT2D eigenvalue weighted by atomic mass is 127. The highest BCUT2D eigenvalue weighted by molar-refractivity contribution is 14.1. The van der Waals surface area contributed by atoms with E-state index in [1.54, 1.807) is 0 Å². The third kappa shape index (κ3) is 6.03. The minimum Gasteiger partial charge on any atom is -0.0829 e. The molecule has 0 bridgehead atoms. The van der Waals surface area contributed by atoms with Gasteiger partial charge in [0.05, 0.1) is 0 Å². The largest absolute Gasteiger partial charge is 0.0829 e. The fourth-order valence-electron chi connectivity index (χ4n) is 2.18. The lowest BCUT2D eigenvalue weighted by Gasteiger charge is -2.18. The van der Waals surface area contributed by atoms with Gasteiger partial charge in [-0.05, 0) is 30.3 Å². The van der Waals surface area contributed by atoms with Gasteiger partial charge in [0.1, 0.15) is 0 Å². The first-order valence-electron chi connectivity index (χ1n) is 8.31. The fourth-order valence-corrected chi connectivity index (χ4v) is 4.48. The lowest BCUT2D eigenvalue weighted by Crippen LogP contribution is -2.20.